The zero-order valence-corrected chi connectivity index (χ0v) is 33.6. The Labute approximate surface area is 331 Å². The van der Waals surface area contributed by atoms with Gasteiger partial charge < -0.3 is 4.90 Å². The molecular formula is C53H48ClN. The first-order chi connectivity index (χ1) is 26.5. The van der Waals surface area contributed by atoms with Crippen LogP contribution in [0.2, 0.25) is 5.02 Å². The van der Waals surface area contributed by atoms with Gasteiger partial charge in [0.15, 0.2) is 0 Å². The highest BCUT2D eigenvalue weighted by Crippen LogP contribution is 2.62. The Hall–Kier alpha value is -4.85. The minimum absolute atomic E-state index is 0.100. The first-order valence-electron chi connectivity index (χ1n) is 20.4. The first kappa shape index (κ1) is 33.5. The largest absolute Gasteiger partial charge is 0.310 e. The van der Waals surface area contributed by atoms with Crippen LogP contribution in [-0.2, 0) is 16.2 Å². The second-order valence-electron chi connectivity index (χ2n) is 18.5. The summed E-state index contributed by atoms with van der Waals surface area (Å²) in [6.07, 6.45) is 6.49. The maximum absolute atomic E-state index is 6.80. The first-order valence-corrected chi connectivity index (χ1v) is 20.8. The van der Waals surface area contributed by atoms with Gasteiger partial charge in [0, 0.05) is 38.3 Å². The van der Waals surface area contributed by atoms with E-state index in [1.54, 1.807) is 5.57 Å². The Bertz CT molecular complexity index is 2550. The van der Waals surface area contributed by atoms with E-state index in [1.165, 1.54) is 103 Å². The lowest BCUT2D eigenvalue weighted by atomic mass is 9.55. The molecule has 0 aromatic heterocycles. The molecule has 4 atom stereocenters. The molecule has 6 aromatic carbocycles. The van der Waals surface area contributed by atoms with Crippen molar-refractivity contribution in [1.82, 2.24) is 0 Å². The van der Waals surface area contributed by atoms with Gasteiger partial charge in [-0.15, -0.1) is 0 Å². The molecule has 11 rings (SSSR count). The van der Waals surface area contributed by atoms with Crippen LogP contribution in [0, 0.1) is 17.8 Å². The Morgan fingerprint density at radius 3 is 1.60 bits per heavy atom. The predicted octanol–water partition coefficient (Wildman–Crippen LogP) is 14.7. The summed E-state index contributed by atoms with van der Waals surface area (Å²) in [7, 11) is 0. The van der Waals surface area contributed by atoms with Crippen LogP contribution >= 0.6 is 11.6 Å². The fraction of sp³-hybridized carbons (Fsp3) is 0.283. The van der Waals surface area contributed by atoms with Crippen LogP contribution in [0.25, 0.3) is 33.4 Å². The van der Waals surface area contributed by atoms with Crippen LogP contribution in [0.4, 0.5) is 17.1 Å². The molecule has 0 N–H and O–H groups in total. The van der Waals surface area contributed by atoms with Crippen LogP contribution in [0.3, 0.4) is 0 Å². The van der Waals surface area contributed by atoms with Gasteiger partial charge in [0.2, 0.25) is 0 Å². The van der Waals surface area contributed by atoms with Crippen molar-refractivity contribution in [2.75, 3.05) is 4.90 Å². The molecule has 0 radical (unpaired) electrons. The SMILES string of the molecule is CC1=CC2(c3ccc(Cl)cc3-c3ccc(N(c4ccc5c(c4)C(C)(C)c4ccccc4-5)c4ccc5c(c4)C(C)(C)c4ccccc4-5)cc32)C2CC(C)CC1C2. The average molecular weight is 734 g/mol. The Kier molecular flexibility index (Phi) is 6.92. The van der Waals surface area contributed by atoms with Gasteiger partial charge >= 0.3 is 0 Å². The van der Waals surface area contributed by atoms with Crippen molar-refractivity contribution in [2.24, 2.45) is 17.8 Å². The van der Waals surface area contributed by atoms with Gasteiger partial charge in [0.05, 0.1) is 0 Å². The van der Waals surface area contributed by atoms with E-state index in [2.05, 4.69) is 174 Å². The number of fused-ring (bicyclic) bond motifs is 14. The lowest BCUT2D eigenvalue weighted by Crippen LogP contribution is -2.42. The molecule has 272 valence electrons. The summed E-state index contributed by atoms with van der Waals surface area (Å²) in [5, 5.41) is 0.808. The molecule has 2 heteroatoms. The van der Waals surface area contributed by atoms with E-state index in [9.17, 15) is 0 Å². The Morgan fingerprint density at radius 1 is 0.509 bits per heavy atom. The van der Waals surface area contributed by atoms with Crippen LogP contribution in [0.15, 0.2) is 133 Å². The molecule has 0 heterocycles. The summed E-state index contributed by atoms with van der Waals surface area (Å²) in [5.74, 6) is 1.94. The molecule has 1 spiro atoms. The summed E-state index contributed by atoms with van der Waals surface area (Å²) >= 11 is 6.80. The number of rotatable bonds is 3. The maximum Gasteiger partial charge on any atom is 0.0465 e. The lowest BCUT2D eigenvalue weighted by Gasteiger charge is -2.49. The molecule has 5 aliphatic rings. The fourth-order valence-electron chi connectivity index (χ4n) is 12.1. The third-order valence-electron chi connectivity index (χ3n) is 14.8. The van der Waals surface area contributed by atoms with Gasteiger partial charge in [-0.2, -0.15) is 0 Å². The minimum atomic E-state index is -0.171. The Balaban J connectivity index is 1.15. The topological polar surface area (TPSA) is 3.24 Å². The van der Waals surface area contributed by atoms with Gasteiger partial charge in [0.25, 0.3) is 0 Å². The molecule has 6 aromatic rings. The van der Waals surface area contributed by atoms with Gasteiger partial charge in [-0.3, -0.25) is 0 Å². The Morgan fingerprint density at radius 2 is 1.02 bits per heavy atom. The number of halogens is 1. The summed E-state index contributed by atoms with van der Waals surface area (Å²) in [4.78, 5) is 2.55. The van der Waals surface area contributed by atoms with Crippen LogP contribution in [0.5, 0.6) is 0 Å². The van der Waals surface area contributed by atoms with E-state index in [4.69, 9.17) is 11.6 Å². The third-order valence-corrected chi connectivity index (χ3v) is 15.0. The molecule has 0 aliphatic heterocycles. The summed E-state index contributed by atoms with van der Waals surface area (Å²) in [5.41, 5.74) is 21.3. The zero-order valence-electron chi connectivity index (χ0n) is 32.8. The number of nitrogens with zero attached hydrogens (tertiary/aromatic N) is 1. The number of benzene rings is 6. The predicted molar refractivity (Wildman–Crippen MR) is 231 cm³/mol. The minimum Gasteiger partial charge on any atom is -0.310 e. The van der Waals surface area contributed by atoms with Gasteiger partial charge in [-0.05, 0) is 159 Å². The molecule has 0 amide bonds. The summed E-state index contributed by atoms with van der Waals surface area (Å²) in [6, 6.07) is 46.4. The molecular weight excluding hydrogens is 686 g/mol. The molecule has 5 aliphatic carbocycles. The van der Waals surface area contributed by atoms with Crippen molar-refractivity contribution >= 4 is 28.7 Å². The normalized spacial score (nSPS) is 24.0. The highest BCUT2D eigenvalue weighted by Gasteiger charge is 2.52. The van der Waals surface area contributed by atoms with E-state index in [-0.39, 0.29) is 16.2 Å². The second kappa shape index (κ2) is 11.4. The number of anilines is 3. The van der Waals surface area contributed by atoms with E-state index in [0.717, 1.165) is 5.02 Å². The van der Waals surface area contributed by atoms with Crippen molar-refractivity contribution in [3.8, 4) is 33.4 Å². The lowest BCUT2D eigenvalue weighted by molar-refractivity contribution is 0.168. The van der Waals surface area contributed by atoms with E-state index in [1.807, 2.05) is 0 Å². The zero-order chi connectivity index (χ0) is 37.6. The van der Waals surface area contributed by atoms with E-state index >= 15 is 0 Å². The number of allylic oxidation sites excluding steroid dienone is 2. The highest BCUT2D eigenvalue weighted by molar-refractivity contribution is 6.31. The standard InChI is InChI=1S/C53H48ClN/c1-31-23-33-25-34(24-31)53(30-32(33)2)47-22-15-35(54)26-44(47)43-21-18-38(29-50(43)53)55(36-16-19-41-39-11-7-9-13-45(39)51(3,4)48(41)27-36)37-17-20-42-40-12-8-10-14-46(40)52(5,6)49(42)28-37/h7-22,26-31,33-34H,23-25H2,1-6H3. The average Bonchev–Trinajstić information content (AvgIpc) is 3.68. The summed E-state index contributed by atoms with van der Waals surface area (Å²) < 4.78 is 0. The van der Waals surface area contributed by atoms with Crippen molar-refractivity contribution < 1.29 is 0 Å². The molecule has 0 saturated heterocycles. The highest BCUT2D eigenvalue weighted by atomic mass is 35.5. The number of hydrogen-bond donors (Lipinski definition) is 0. The van der Waals surface area contributed by atoms with Gasteiger partial charge in [-0.25, -0.2) is 0 Å². The summed E-state index contributed by atoms with van der Waals surface area (Å²) in [6.45, 7) is 14.4. The van der Waals surface area contributed by atoms with Crippen molar-refractivity contribution in [3.05, 3.63) is 171 Å². The van der Waals surface area contributed by atoms with Crippen molar-refractivity contribution in [2.45, 2.75) is 77.0 Å². The fourth-order valence-corrected chi connectivity index (χ4v) is 12.3. The van der Waals surface area contributed by atoms with Gasteiger partial charge in [-0.1, -0.05) is 131 Å². The molecule has 1 fully saturated rings. The quantitative estimate of drug-likeness (QED) is 0.164. The van der Waals surface area contributed by atoms with Gasteiger partial charge in [0.1, 0.15) is 0 Å². The van der Waals surface area contributed by atoms with Crippen molar-refractivity contribution in [3.63, 3.8) is 0 Å². The van der Waals surface area contributed by atoms with Crippen LogP contribution < -0.4 is 4.90 Å². The molecule has 4 unspecified atom stereocenters. The van der Waals surface area contributed by atoms with Crippen molar-refractivity contribution in [1.29, 1.82) is 0 Å². The number of hydrogen-bond acceptors (Lipinski definition) is 1. The van der Waals surface area contributed by atoms with E-state index in [0.29, 0.717) is 17.8 Å². The smallest absolute Gasteiger partial charge is 0.0465 e. The molecule has 1 nitrogen and oxygen atoms in total. The second-order valence-corrected chi connectivity index (χ2v) is 19.0. The third kappa shape index (κ3) is 4.48. The molecule has 55 heavy (non-hydrogen) atoms. The van der Waals surface area contributed by atoms with Crippen LogP contribution in [-0.4, -0.2) is 0 Å². The maximum atomic E-state index is 6.80. The van der Waals surface area contributed by atoms with Crippen LogP contribution in [0.1, 0.15) is 94.2 Å². The molecule has 1 saturated carbocycles. The monoisotopic (exact) mass is 733 g/mol. The molecule has 2 bridgehead atoms. The van der Waals surface area contributed by atoms with E-state index < -0.39 is 0 Å².